The Morgan fingerprint density at radius 2 is 0.773 bits per heavy atom. The number of hydrogen-bond acceptors (Lipinski definition) is 2. The van der Waals surface area contributed by atoms with Crippen molar-refractivity contribution in [3.8, 4) is 23.7 Å². The van der Waals surface area contributed by atoms with Gasteiger partial charge in [0.1, 0.15) is 0 Å². The van der Waals surface area contributed by atoms with E-state index < -0.39 is 0 Å². The number of aryl methyl sites for hydroxylation is 2. The summed E-state index contributed by atoms with van der Waals surface area (Å²) in [5.74, 6) is 13.5. The molecule has 0 bridgehead atoms. The molecule has 0 saturated heterocycles. The molecular formula is C42H60N2. The van der Waals surface area contributed by atoms with Crippen LogP contribution >= 0.6 is 0 Å². The maximum atomic E-state index is 4.73. The molecule has 0 aliphatic rings. The van der Waals surface area contributed by atoms with Gasteiger partial charge < -0.3 is 0 Å². The molecule has 238 valence electrons. The van der Waals surface area contributed by atoms with Crippen molar-refractivity contribution < 1.29 is 0 Å². The maximum Gasteiger partial charge on any atom is 0.0662 e. The minimum absolute atomic E-state index is 0.956. The van der Waals surface area contributed by atoms with Crippen LogP contribution in [0.15, 0.2) is 58.5 Å². The average Bonchev–Trinajstić information content (AvgIpc) is 3.05. The average molecular weight is 593 g/mol. The quantitative estimate of drug-likeness (QED) is 0.0696. The zero-order valence-corrected chi connectivity index (χ0v) is 28.2. The first kappa shape index (κ1) is 37.1. The summed E-state index contributed by atoms with van der Waals surface area (Å²) < 4.78 is 0. The summed E-state index contributed by atoms with van der Waals surface area (Å²) in [4.78, 5) is 9.47. The molecule has 0 spiro atoms. The molecule has 0 aliphatic heterocycles. The van der Waals surface area contributed by atoms with Gasteiger partial charge in [-0.2, -0.15) is 0 Å². The molecule has 2 rings (SSSR count). The van der Waals surface area contributed by atoms with E-state index in [-0.39, 0.29) is 0 Å². The van der Waals surface area contributed by atoms with Gasteiger partial charge in [0, 0.05) is 38.1 Å². The lowest BCUT2D eigenvalue weighted by Crippen LogP contribution is -1.88. The van der Waals surface area contributed by atoms with Gasteiger partial charge in [0.2, 0.25) is 0 Å². The first-order chi connectivity index (χ1) is 21.8. The Morgan fingerprint density at radius 1 is 0.432 bits per heavy atom. The van der Waals surface area contributed by atoms with Crippen LogP contribution in [0, 0.1) is 23.7 Å². The van der Waals surface area contributed by atoms with E-state index >= 15 is 0 Å². The van der Waals surface area contributed by atoms with Crippen LogP contribution in [0.4, 0.5) is 11.4 Å². The summed E-state index contributed by atoms with van der Waals surface area (Å²) in [6.45, 7) is 4.55. The summed E-state index contributed by atoms with van der Waals surface area (Å²) in [6.07, 6.45) is 30.6. The summed E-state index contributed by atoms with van der Waals surface area (Å²) in [6, 6.07) is 16.9. The number of nitrogens with zero attached hydrogens (tertiary/aromatic N) is 2. The monoisotopic (exact) mass is 592 g/mol. The van der Waals surface area contributed by atoms with E-state index in [1.807, 2.05) is 12.4 Å². The third-order valence-electron chi connectivity index (χ3n) is 8.03. The Balaban J connectivity index is 1.69. The molecule has 0 unspecified atom stereocenters. The zero-order chi connectivity index (χ0) is 31.2. The first-order valence-electron chi connectivity index (χ1n) is 18.0. The third-order valence-corrected chi connectivity index (χ3v) is 8.03. The van der Waals surface area contributed by atoms with Crippen LogP contribution in [-0.4, -0.2) is 12.4 Å². The highest BCUT2D eigenvalue weighted by atomic mass is 14.8. The molecule has 0 N–H and O–H groups in total. The van der Waals surface area contributed by atoms with E-state index in [0.29, 0.717) is 0 Å². The van der Waals surface area contributed by atoms with Crippen molar-refractivity contribution in [3.63, 3.8) is 0 Å². The van der Waals surface area contributed by atoms with Crippen molar-refractivity contribution in [2.24, 2.45) is 9.98 Å². The molecule has 0 atom stereocenters. The molecule has 0 aliphatic carbocycles. The number of aliphatic imine (C=N–C) groups is 2. The van der Waals surface area contributed by atoms with Crippen LogP contribution < -0.4 is 0 Å². The second-order valence-electron chi connectivity index (χ2n) is 12.0. The van der Waals surface area contributed by atoms with Crippen LogP contribution in [0.1, 0.15) is 153 Å². The van der Waals surface area contributed by atoms with Gasteiger partial charge >= 0.3 is 0 Å². The SMILES string of the molecule is CCCCCCCCCC#CCCCc1ccccc1N=CC=Nc1ccccc1CCCC#CCCCCCCCCC. The van der Waals surface area contributed by atoms with Crippen molar-refractivity contribution in [2.75, 3.05) is 0 Å². The van der Waals surface area contributed by atoms with Gasteiger partial charge in [-0.1, -0.05) is 127 Å². The minimum Gasteiger partial charge on any atom is -0.255 e. The first-order valence-corrected chi connectivity index (χ1v) is 18.0. The smallest absolute Gasteiger partial charge is 0.0662 e. The largest absolute Gasteiger partial charge is 0.255 e. The molecule has 2 aromatic carbocycles. The lowest BCUT2D eigenvalue weighted by Gasteiger charge is -2.04. The van der Waals surface area contributed by atoms with Crippen molar-refractivity contribution in [1.82, 2.24) is 0 Å². The fraction of sp³-hybridized carbons (Fsp3) is 0.571. The number of benzene rings is 2. The Labute approximate surface area is 271 Å². The molecule has 0 heterocycles. The summed E-state index contributed by atoms with van der Waals surface area (Å²) in [5.41, 5.74) is 4.61. The van der Waals surface area contributed by atoms with Crippen LogP contribution in [-0.2, 0) is 12.8 Å². The fourth-order valence-corrected chi connectivity index (χ4v) is 5.35. The van der Waals surface area contributed by atoms with Crippen molar-refractivity contribution in [3.05, 3.63) is 59.7 Å². The van der Waals surface area contributed by atoms with Gasteiger partial charge in [-0.25, -0.2) is 0 Å². The fourth-order valence-electron chi connectivity index (χ4n) is 5.35. The van der Waals surface area contributed by atoms with Gasteiger partial charge in [-0.3, -0.25) is 9.98 Å². The van der Waals surface area contributed by atoms with Crippen LogP contribution in [0.5, 0.6) is 0 Å². The topological polar surface area (TPSA) is 24.7 Å². The van der Waals surface area contributed by atoms with E-state index in [0.717, 1.165) is 62.7 Å². The summed E-state index contributed by atoms with van der Waals surface area (Å²) >= 11 is 0. The lowest BCUT2D eigenvalue weighted by molar-refractivity contribution is 0.594. The summed E-state index contributed by atoms with van der Waals surface area (Å²) in [7, 11) is 0. The second kappa shape index (κ2) is 27.4. The molecule has 2 nitrogen and oxygen atoms in total. The van der Waals surface area contributed by atoms with Gasteiger partial charge in [0.25, 0.3) is 0 Å². The lowest BCUT2D eigenvalue weighted by atomic mass is 10.1. The Morgan fingerprint density at radius 3 is 1.18 bits per heavy atom. The van der Waals surface area contributed by atoms with Gasteiger partial charge in [0.15, 0.2) is 0 Å². The predicted molar refractivity (Wildman–Crippen MR) is 196 cm³/mol. The van der Waals surface area contributed by atoms with Crippen molar-refractivity contribution >= 4 is 23.8 Å². The molecule has 44 heavy (non-hydrogen) atoms. The Hall–Kier alpha value is -3.10. The van der Waals surface area contributed by atoms with Gasteiger partial charge in [-0.15, -0.1) is 23.7 Å². The molecule has 0 amide bonds. The van der Waals surface area contributed by atoms with E-state index in [9.17, 15) is 0 Å². The highest BCUT2D eigenvalue weighted by Crippen LogP contribution is 2.22. The van der Waals surface area contributed by atoms with Gasteiger partial charge in [-0.05, 0) is 61.8 Å². The molecule has 2 heteroatoms. The number of unbranched alkanes of at least 4 members (excludes halogenated alkanes) is 16. The summed E-state index contributed by atoms with van der Waals surface area (Å²) in [5, 5.41) is 0. The minimum atomic E-state index is 0.956. The van der Waals surface area contributed by atoms with Crippen molar-refractivity contribution in [2.45, 2.75) is 155 Å². The maximum absolute atomic E-state index is 4.73. The molecule has 0 saturated carbocycles. The van der Waals surface area contributed by atoms with E-state index in [4.69, 9.17) is 9.98 Å². The predicted octanol–water partition coefficient (Wildman–Crippen LogP) is 12.7. The molecule has 0 radical (unpaired) electrons. The third kappa shape index (κ3) is 19.2. The highest BCUT2D eigenvalue weighted by Gasteiger charge is 2.01. The van der Waals surface area contributed by atoms with Gasteiger partial charge in [0.05, 0.1) is 11.4 Å². The van der Waals surface area contributed by atoms with Crippen molar-refractivity contribution in [1.29, 1.82) is 0 Å². The Bertz CT molecular complexity index is 1070. The Kier molecular flexibility index (Phi) is 23.1. The van der Waals surface area contributed by atoms with Crippen LogP contribution in [0.2, 0.25) is 0 Å². The standard InChI is InChI=1S/C42H60N2/c1-3-5-7-9-11-13-15-17-19-21-23-25-31-39-33-27-29-35-41(39)43-37-38-44-42-36-30-28-34-40(42)32-26-24-22-20-18-16-14-12-10-8-6-4-2/h27-30,33-38H,3-18,23-26,31-32H2,1-2H3. The van der Waals surface area contributed by atoms with Crippen LogP contribution in [0.25, 0.3) is 0 Å². The van der Waals surface area contributed by atoms with E-state index in [1.165, 1.54) is 101 Å². The molecule has 0 fully saturated rings. The molecular weight excluding hydrogens is 532 g/mol. The highest BCUT2D eigenvalue weighted by molar-refractivity contribution is 6.17. The second-order valence-corrected chi connectivity index (χ2v) is 12.0. The zero-order valence-electron chi connectivity index (χ0n) is 28.2. The normalized spacial score (nSPS) is 11.0. The number of hydrogen-bond donors (Lipinski definition) is 0. The molecule has 0 aromatic heterocycles. The van der Waals surface area contributed by atoms with E-state index in [1.54, 1.807) is 0 Å². The number of para-hydroxylation sites is 2. The van der Waals surface area contributed by atoms with E-state index in [2.05, 4.69) is 86.1 Å². The molecule has 2 aromatic rings. The number of rotatable bonds is 23. The van der Waals surface area contributed by atoms with Crippen LogP contribution in [0.3, 0.4) is 0 Å².